The number of aromatic nitrogens is 1. The van der Waals surface area contributed by atoms with Crippen molar-refractivity contribution in [3.63, 3.8) is 0 Å². The quantitative estimate of drug-likeness (QED) is 0.395. The molecular weight excluding hydrogens is 290 g/mol. The number of hydrogen-bond donors (Lipinski definition) is 1. The van der Waals surface area contributed by atoms with Crippen LogP contribution in [0.2, 0.25) is 0 Å². The van der Waals surface area contributed by atoms with E-state index >= 15 is 0 Å². The van der Waals surface area contributed by atoms with Gasteiger partial charge in [-0.1, -0.05) is 30.3 Å². The van der Waals surface area contributed by atoms with Gasteiger partial charge in [-0.2, -0.15) is 0 Å². The molecule has 0 amide bonds. The minimum absolute atomic E-state index is 0.178. The van der Waals surface area contributed by atoms with Crippen molar-refractivity contribution in [1.82, 2.24) is 4.98 Å². The van der Waals surface area contributed by atoms with Crippen LogP contribution in [0.5, 0.6) is 0 Å². The molecule has 108 valence electrons. The topological polar surface area (TPSA) is 84.1 Å². The monoisotopic (exact) mass is 303 g/mol. The van der Waals surface area contributed by atoms with E-state index in [4.69, 9.17) is 4.74 Å². The van der Waals surface area contributed by atoms with Gasteiger partial charge in [0.1, 0.15) is 0 Å². The zero-order chi connectivity index (χ0) is 15.1. The standard InChI is InChI=1S/C14H13N3O3S/c1-2-20-13(19)11(16-17-14-15-8-9-21-14)12(18)10-6-4-3-5-7-10/h3-9,18H,2H2,1H3/b12-11+,17-16?. The molecule has 0 aliphatic heterocycles. The lowest BCUT2D eigenvalue weighted by atomic mass is 10.1. The molecular formula is C14H13N3O3S. The normalized spacial score (nSPS) is 12.2. The van der Waals surface area contributed by atoms with Crippen molar-refractivity contribution in [2.75, 3.05) is 6.61 Å². The molecule has 0 saturated heterocycles. The third kappa shape index (κ3) is 3.96. The van der Waals surface area contributed by atoms with Crippen molar-refractivity contribution in [2.45, 2.75) is 6.92 Å². The molecule has 0 saturated carbocycles. The number of aliphatic hydroxyl groups is 1. The lowest BCUT2D eigenvalue weighted by molar-refractivity contribution is -0.138. The van der Waals surface area contributed by atoms with Gasteiger partial charge in [-0.3, -0.25) is 0 Å². The molecule has 0 atom stereocenters. The Morgan fingerprint density at radius 2 is 2.14 bits per heavy atom. The second kappa shape index (κ2) is 7.30. The van der Waals surface area contributed by atoms with E-state index in [0.717, 1.165) is 0 Å². The van der Waals surface area contributed by atoms with E-state index in [1.807, 2.05) is 0 Å². The minimum Gasteiger partial charge on any atom is -0.505 e. The predicted molar refractivity (Wildman–Crippen MR) is 79.3 cm³/mol. The SMILES string of the molecule is CCOC(=O)/C(N=Nc1nccs1)=C(\O)c1ccccc1. The average Bonchev–Trinajstić information content (AvgIpc) is 3.02. The van der Waals surface area contributed by atoms with Gasteiger partial charge >= 0.3 is 5.97 Å². The number of azo groups is 1. The number of carbonyl (C=O) groups is 1. The summed E-state index contributed by atoms with van der Waals surface area (Å²) in [6, 6.07) is 8.61. The zero-order valence-corrected chi connectivity index (χ0v) is 12.1. The fraction of sp³-hybridized carbons (Fsp3) is 0.143. The van der Waals surface area contributed by atoms with Gasteiger partial charge in [-0.05, 0) is 6.92 Å². The van der Waals surface area contributed by atoms with Crippen LogP contribution in [0.15, 0.2) is 57.8 Å². The maximum atomic E-state index is 11.9. The summed E-state index contributed by atoms with van der Waals surface area (Å²) in [5, 5.41) is 20.0. The van der Waals surface area contributed by atoms with Crippen molar-refractivity contribution < 1.29 is 14.6 Å². The molecule has 0 spiro atoms. The first-order valence-electron chi connectivity index (χ1n) is 6.19. The highest BCUT2D eigenvalue weighted by Gasteiger charge is 2.18. The molecule has 0 fully saturated rings. The lowest BCUT2D eigenvalue weighted by Gasteiger charge is -2.05. The third-order valence-electron chi connectivity index (χ3n) is 2.40. The fourth-order valence-corrected chi connectivity index (χ4v) is 1.93. The molecule has 1 heterocycles. The number of benzene rings is 1. The summed E-state index contributed by atoms with van der Waals surface area (Å²) in [5.41, 5.74) is 0.205. The Balaban J connectivity index is 2.38. The smallest absolute Gasteiger partial charge is 0.362 e. The van der Waals surface area contributed by atoms with E-state index in [1.54, 1.807) is 48.8 Å². The number of hydrogen-bond acceptors (Lipinski definition) is 7. The molecule has 1 aromatic carbocycles. The highest BCUT2D eigenvalue weighted by molar-refractivity contribution is 7.13. The minimum atomic E-state index is -0.737. The van der Waals surface area contributed by atoms with Gasteiger partial charge in [0.2, 0.25) is 10.8 Å². The number of aliphatic hydroxyl groups excluding tert-OH is 1. The molecule has 0 radical (unpaired) electrons. The third-order valence-corrected chi connectivity index (χ3v) is 3.05. The number of rotatable bonds is 5. The largest absolute Gasteiger partial charge is 0.505 e. The number of esters is 1. The Morgan fingerprint density at radius 1 is 1.38 bits per heavy atom. The number of ether oxygens (including phenoxy) is 1. The maximum absolute atomic E-state index is 11.9. The van der Waals surface area contributed by atoms with Crippen molar-refractivity contribution >= 4 is 28.2 Å². The first-order valence-corrected chi connectivity index (χ1v) is 7.07. The van der Waals surface area contributed by atoms with Crippen molar-refractivity contribution in [3.05, 3.63) is 53.2 Å². The van der Waals surface area contributed by atoms with E-state index < -0.39 is 5.97 Å². The van der Waals surface area contributed by atoms with Crippen LogP contribution in [0.4, 0.5) is 5.13 Å². The first kappa shape index (κ1) is 14.9. The molecule has 7 heteroatoms. The number of thiazole rings is 1. The van der Waals surface area contributed by atoms with Crippen LogP contribution < -0.4 is 0 Å². The van der Waals surface area contributed by atoms with Crippen LogP contribution in [0.3, 0.4) is 0 Å². The molecule has 21 heavy (non-hydrogen) atoms. The van der Waals surface area contributed by atoms with Crippen molar-refractivity contribution in [1.29, 1.82) is 0 Å². The summed E-state index contributed by atoms with van der Waals surface area (Å²) < 4.78 is 4.89. The highest BCUT2D eigenvalue weighted by atomic mass is 32.1. The Labute approximate surface area is 125 Å². The molecule has 1 N–H and O–H groups in total. The van der Waals surface area contributed by atoms with Crippen LogP contribution in [-0.2, 0) is 9.53 Å². The van der Waals surface area contributed by atoms with Crippen LogP contribution in [0, 0.1) is 0 Å². The van der Waals surface area contributed by atoms with Gasteiger partial charge < -0.3 is 9.84 Å². The van der Waals surface area contributed by atoms with Crippen LogP contribution in [0.1, 0.15) is 12.5 Å². The van der Waals surface area contributed by atoms with E-state index in [9.17, 15) is 9.90 Å². The summed E-state index contributed by atoms with van der Waals surface area (Å²) in [6.07, 6.45) is 1.57. The lowest BCUT2D eigenvalue weighted by Crippen LogP contribution is -2.08. The van der Waals surface area contributed by atoms with Crippen LogP contribution in [-0.4, -0.2) is 22.7 Å². The highest BCUT2D eigenvalue weighted by Crippen LogP contribution is 2.21. The van der Waals surface area contributed by atoms with Gasteiger partial charge in [-0.15, -0.1) is 21.6 Å². The Morgan fingerprint density at radius 3 is 2.76 bits per heavy atom. The van der Waals surface area contributed by atoms with Crippen molar-refractivity contribution in [2.24, 2.45) is 10.2 Å². The molecule has 0 aliphatic carbocycles. The number of carbonyl (C=O) groups excluding carboxylic acids is 1. The molecule has 0 unspecified atom stereocenters. The molecule has 1 aromatic heterocycles. The molecule has 2 rings (SSSR count). The molecule has 6 nitrogen and oxygen atoms in total. The Kier molecular flexibility index (Phi) is 5.16. The second-order valence-corrected chi connectivity index (χ2v) is 4.67. The summed E-state index contributed by atoms with van der Waals surface area (Å²) in [6.45, 7) is 1.85. The molecule has 0 bridgehead atoms. The van der Waals surface area contributed by atoms with Gasteiger partial charge in [0.15, 0.2) is 5.76 Å². The average molecular weight is 303 g/mol. The van der Waals surface area contributed by atoms with E-state index in [1.165, 1.54) is 11.3 Å². The number of nitrogens with zero attached hydrogens (tertiary/aromatic N) is 3. The summed E-state index contributed by atoms with van der Waals surface area (Å²) in [4.78, 5) is 15.8. The van der Waals surface area contributed by atoms with Crippen LogP contribution in [0.25, 0.3) is 5.76 Å². The summed E-state index contributed by atoms with van der Waals surface area (Å²) in [5.74, 6) is -1.02. The summed E-state index contributed by atoms with van der Waals surface area (Å²) in [7, 11) is 0. The Bertz CT molecular complexity index is 651. The Hall–Kier alpha value is -2.54. The van der Waals surface area contributed by atoms with Crippen LogP contribution >= 0.6 is 11.3 Å². The summed E-state index contributed by atoms with van der Waals surface area (Å²) >= 11 is 1.27. The maximum Gasteiger partial charge on any atom is 0.362 e. The first-order chi connectivity index (χ1) is 10.2. The van der Waals surface area contributed by atoms with E-state index in [0.29, 0.717) is 10.7 Å². The van der Waals surface area contributed by atoms with E-state index in [-0.39, 0.29) is 18.1 Å². The van der Waals surface area contributed by atoms with Gasteiger partial charge in [0, 0.05) is 17.1 Å². The van der Waals surface area contributed by atoms with Gasteiger partial charge in [-0.25, -0.2) is 9.78 Å². The fourth-order valence-electron chi connectivity index (χ4n) is 1.48. The van der Waals surface area contributed by atoms with Gasteiger partial charge in [0.25, 0.3) is 0 Å². The van der Waals surface area contributed by atoms with E-state index in [2.05, 4.69) is 15.2 Å². The van der Waals surface area contributed by atoms with Crippen molar-refractivity contribution in [3.8, 4) is 0 Å². The van der Waals surface area contributed by atoms with Gasteiger partial charge in [0.05, 0.1) is 6.61 Å². The zero-order valence-electron chi connectivity index (χ0n) is 11.3. The second-order valence-electron chi connectivity index (χ2n) is 3.80. The molecule has 2 aromatic rings. The molecule has 0 aliphatic rings. The predicted octanol–water partition coefficient (Wildman–Crippen LogP) is 3.72.